The quantitative estimate of drug-likeness (QED) is 0.761. The van der Waals surface area contributed by atoms with Crippen LogP contribution in [0.15, 0.2) is 36.4 Å². The van der Waals surface area contributed by atoms with Crippen LogP contribution in [0.2, 0.25) is 0 Å². The summed E-state index contributed by atoms with van der Waals surface area (Å²) >= 11 is 1.86. The number of hydrogen-bond donors (Lipinski definition) is 1. The number of rotatable bonds is 3. The first kappa shape index (κ1) is 9.81. The van der Waals surface area contributed by atoms with E-state index in [2.05, 4.69) is 48.0 Å². The third-order valence-electron chi connectivity index (χ3n) is 2.43. The maximum atomic E-state index is 3.41. The van der Waals surface area contributed by atoms with E-state index in [9.17, 15) is 0 Å². The molecule has 1 aromatic carbocycles. The molecule has 0 fully saturated rings. The Hall–Kier alpha value is -0.730. The van der Waals surface area contributed by atoms with Crippen molar-refractivity contribution in [2.24, 2.45) is 0 Å². The predicted octanol–water partition coefficient (Wildman–Crippen LogP) is 2.75. The summed E-state index contributed by atoms with van der Waals surface area (Å²) in [4.78, 5) is 0. The normalized spacial score (nSPS) is 20.2. The summed E-state index contributed by atoms with van der Waals surface area (Å²) in [5.74, 6) is 1.11. The molecule has 2 heteroatoms. The van der Waals surface area contributed by atoms with Gasteiger partial charge < -0.3 is 5.32 Å². The summed E-state index contributed by atoms with van der Waals surface area (Å²) in [5.41, 5.74) is 2.77. The van der Waals surface area contributed by atoms with E-state index in [0.717, 1.165) is 12.3 Å². The summed E-state index contributed by atoms with van der Waals surface area (Å²) in [7, 11) is 0. The van der Waals surface area contributed by atoms with Gasteiger partial charge in [-0.2, -0.15) is 11.8 Å². The highest BCUT2D eigenvalue weighted by atomic mass is 32.2. The van der Waals surface area contributed by atoms with Gasteiger partial charge in [-0.1, -0.05) is 36.4 Å². The van der Waals surface area contributed by atoms with Crippen molar-refractivity contribution >= 4 is 11.8 Å². The fraction of sp³-hybridized carbons (Fsp3) is 0.333. The molecule has 0 aromatic heterocycles. The zero-order chi connectivity index (χ0) is 9.80. The average molecular weight is 205 g/mol. The van der Waals surface area contributed by atoms with Crippen molar-refractivity contribution in [3.05, 3.63) is 47.5 Å². The number of thioether (sulfide) groups is 1. The van der Waals surface area contributed by atoms with Crippen LogP contribution in [-0.2, 0) is 5.75 Å². The molecule has 1 aliphatic rings. The van der Waals surface area contributed by atoms with Gasteiger partial charge in [0.15, 0.2) is 0 Å². The molecular weight excluding hydrogens is 190 g/mol. The van der Waals surface area contributed by atoms with E-state index in [1.54, 1.807) is 0 Å². The standard InChI is InChI=1S/C12H15NS/c1-14-9-10-4-6-11(7-5-10)12-3-2-8-13-12/h2-7,12-13H,8-9H2,1H3. The third-order valence-corrected chi connectivity index (χ3v) is 3.06. The zero-order valence-electron chi connectivity index (χ0n) is 8.36. The lowest BCUT2D eigenvalue weighted by atomic mass is 10.1. The van der Waals surface area contributed by atoms with E-state index in [-0.39, 0.29) is 0 Å². The second-order valence-corrected chi connectivity index (χ2v) is 4.35. The van der Waals surface area contributed by atoms with Crippen molar-refractivity contribution in [1.82, 2.24) is 5.32 Å². The van der Waals surface area contributed by atoms with Crippen LogP contribution in [0, 0.1) is 0 Å². The van der Waals surface area contributed by atoms with Gasteiger partial charge in [0.1, 0.15) is 0 Å². The van der Waals surface area contributed by atoms with Crippen LogP contribution >= 0.6 is 11.8 Å². The Morgan fingerprint density at radius 3 is 2.71 bits per heavy atom. The molecule has 74 valence electrons. The minimum atomic E-state index is 0.429. The van der Waals surface area contributed by atoms with Crippen LogP contribution in [0.5, 0.6) is 0 Å². The van der Waals surface area contributed by atoms with Crippen LogP contribution in [-0.4, -0.2) is 12.8 Å². The third kappa shape index (κ3) is 2.20. The fourth-order valence-electron chi connectivity index (χ4n) is 1.68. The van der Waals surface area contributed by atoms with E-state index in [1.807, 2.05) is 11.8 Å². The Bertz CT molecular complexity index is 316. The molecule has 0 amide bonds. The SMILES string of the molecule is CSCc1ccc(C2C=CCN2)cc1. The highest BCUT2D eigenvalue weighted by Gasteiger charge is 2.09. The Kier molecular flexibility index (Phi) is 3.27. The van der Waals surface area contributed by atoms with E-state index >= 15 is 0 Å². The highest BCUT2D eigenvalue weighted by Crippen LogP contribution is 2.19. The van der Waals surface area contributed by atoms with E-state index in [1.165, 1.54) is 11.1 Å². The summed E-state index contributed by atoms with van der Waals surface area (Å²) in [6.45, 7) is 0.997. The van der Waals surface area contributed by atoms with Gasteiger partial charge in [0.05, 0.1) is 6.04 Å². The van der Waals surface area contributed by atoms with Crippen molar-refractivity contribution in [3.8, 4) is 0 Å². The number of nitrogens with one attached hydrogen (secondary N) is 1. The minimum absolute atomic E-state index is 0.429. The molecular formula is C12H15NS. The maximum Gasteiger partial charge on any atom is 0.0509 e. The Morgan fingerprint density at radius 2 is 2.14 bits per heavy atom. The molecule has 0 saturated carbocycles. The molecule has 1 aromatic rings. The first-order chi connectivity index (χ1) is 6.90. The van der Waals surface area contributed by atoms with Gasteiger partial charge in [-0.05, 0) is 17.4 Å². The smallest absolute Gasteiger partial charge is 0.0509 e. The first-order valence-electron chi connectivity index (χ1n) is 4.88. The molecule has 0 radical (unpaired) electrons. The second-order valence-electron chi connectivity index (χ2n) is 3.49. The summed E-state index contributed by atoms with van der Waals surface area (Å²) in [6.07, 6.45) is 6.54. The molecule has 1 aliphatic heterocycles. The molecule has 14 heavy (non-hydrogen) atoms. The molecule has 1 atom stereocenters. The van der Waals surface area contributed by atoms with Crippen molar-refractivity contribution in [3.63, 3.8) is 0 Å². The zero-order valence-corrected chi connectivity index (χ0v) is 9.18. The van der Waals surface area contributed by atoms with Gasteiger partial charge in [0.25, 0.3) is 0 Å². The second kappa shape index (κ2) is 4.67. The van der Waals surface area contributed by atoms with Crippen molar-refractivity contribution in [2.75, 3.05) is 12.8 Å². The van der Waals surface area contributed by atoms with Gasteiger partial charge in [0.2, 0.25) is 0 Å². The Balaban J connectivity index is 2.09. The van der Waals surface area contributed by atoms with Gasteiger partial charge in [-0.3, -0.25) is 0 Å². The van der Waals surface area contributed by atoms with Crippen molar-refractivity contribution < 1.29 is 0 Å². The van der Waals surface area contributed by atoms with Gasteiger partial charge in [-0.15, -0.1) is 0 Å². The largest absolute Gasteiger partial charge is 0.303 e. The van der Waals surface area contributed by atoms with E-state index in [0.29, 0.717) is 6.04 Å². The van der Waals surface area contributed by atoms with Crippen molar-refractivity contribution in [1.29, 1.82) is 0 Å². The lowest BCUT2D eigenvalue weighted by Crippen LogP contribution is -2.13. The minimum Gasteiger partial charge on any atom is -0.303 e. The van der Waals surface area contributed by atoms with E-state index < -0.39 is 0 Å². The van der Waals surface area contributed by atoms with Crippen LogP contribution in [0.4, 0.5) is 0 Å². The van der Waals surface area contributed by atoms with Gasteiger partial charge in [0, 0.05) is 12.3 Å². The highest BCUT2D eigenvalue weighted by molar-refractivity contribution is 7.97. The van der Waals surface area contributed by atoms with E-state index in [4.69, 9.17) is 0 Å². The Morgan fingerprint density at radius 1 is 1.36 bits per heavy atom. The molecule has 0 aliphatic carbocycles. The monoisotopic (exact) mass is 205 g/mol. The maximum absolute atomic E-state index is 3.41. The van der Waals surface area contributed by atoms with Gasteiger partial charge in [-0.25, -0.2) is 0 Å². The Labute approximate surface area is 89.6 Å². The average Bonchev–Trinajstić information content (AvgIpc) is 2.72. The van der Waals surface area contributed by atoms with Crippen LogP contribution in [0.1, 0.15) is 17.2 Å². The molecule has 1 heterocycles. The molecule has 0 spiro atoms. The predicted molar refractivity (Wildman–Crippen MR) is 63.5 cm³/mol. The van der Waals surface area contributed by atoms with Gasteiger partial charge >= 0.3 is 0 Å². The number of hydrogen-bond acceptors (Lipinski definition) is 2. The summed E-state index contributed by atoms with van der Waals surface area (Å²) in [6, 6.07) is 9.32. The van der Waals surface area contributed by atoms with Crippen LogP contribution < -0.4 is 5.32 Å². The summed E-state index contributed by atoms with van der Waals surface area (Å²) < 4.78 is 0. The topological polar surface area (TPSA) is 12.0 Å². The molecule has 0 bridgehead atoms. The van der Waals surface area contributed by atoms with Crippen LogP contribution in [0.3, 0.4) is 0 Å². The van der Waals surface area contributed by atoms with Crippen LogP contribution in [0.25, 0.3) is 0 Å². The molecule has 1 nitrogen and oxygen atoms in total. The number of benzene rings is 1. The van der Waals surface area contributed by atoms with Crippen molar-refractivity contribution in [2.45, 2.75) is 11.8 Å². The molecule has 1 N–H and O–H groups in total. The molecule has 1 unspecified atom stereocenters. The lowest BCUT2D eigenvalue weighted by Gasteiger charge is -2.09. The first-order valence-corrected chi connectivity index (χ1v) is 6.27. The molecule has 0 saturated heterocycles. The molecule has 2 rings (SSSR count). The summed E-state index contributed by atoms with van der Waals surface area (Å²) in [5, 5.41) is 3.41. The fourth-order valence-corrected chi connectivity index (χ4v) is 2.21. The lowest BCUT2D eigenvalue weighted by molar-refractivity contribution is 0.712.